The molecule has 2 aliphatic rings. The molecular weight excluding hydrogens is 525 g/mol. The van der Waals surface area contributed by atoms with Crippen LogP contribution in [0.3, 0.4) is 0 Å². The quantitative estimate of drug-likeness (QED) is 0.381. The number of imidazole rings is 1. The molecule has 218 valence electrons. The first-order valence-corrected chi connectivity index (χ1v) is 15.3. The number of rotatable bonds is 11. The summed E-state index contributed by atoms with van der Waals surface area (Å²) in [4.78, 5) is 33.6. The van der Waals surface area contributed by atoms with E-state index in [0.717, 1.165) is 43.4 Å². The van der Waals surface area contributed by atoms with Crippen molar-refractivity contribution in [2.45, 2.75) is 83.6 Å². The Hall–Kier alpha value is -2.81. The Morgan fingerprint density at radius 2 is 1.85 bits per heavy atom. The molecule has 1 aliphatic heterocycles. The Balaban J connectivity index is 1.42. The van der Waals surface area contributed by atoms with Gasteiger partial charge >= 0.3 is 0 Å². The summed E-state index contributed by atoms with van der Waals surface area (Å²) in [6.45, 7) is 3.82. The fourth-order valence-electron chi connectivity index (χ4n) is 6.56. The van der Waals surface area contributed by atoms with Gasteiger partial charge in [0.15, 0.2) is 5.11 Å². The van der Waals surface area contributed by atoms with E-state index in [1.165, 1.54) is 31.4 Å². The Morgan fingerprint density at radius 3 is 2.48 bits per heavy atom. The number of nitrogens with one attached hydrogen (secondary N) is 2. The lowest BCUT2D eigenvalue weighted by atomic mass is 9.61. The Bertz CT molecular complexity index is 1140. The van der Waals surface area contributed by atoms with E-state index in [4.69, 9.17) is 12.2 Å². The highest BCUT2D eigenvalue weighted by atomic mass is 32.1. The van der Waals surface area contributed by atoms with E-state index < -0.39 is 6.04 Å². The van der Waals surface area contributed by atoms with Gasteiger partial charge in [-0.3, -0.25) is 9.59 Å². The zero-order valence-electron chi connectivity index (χ0n) is 24.0. The normalized spacial score (nSPS) is 18.2. The fraction of sp³-hybridized carbons (Fsp3) is 0.613. The van der Waals surface area contributed by atoms with Gasteiger partial charge in [0.1, 0.15) is 17.6 Å². The fourth-order valence-corrected chi connectivity index (χ4v) is 6.80. The van der Waals surface area contributed by atoms with Gasteiger partial charge in [0.05, 0.1) is 12.0 Å². The monoisotopic (exact) mass is 569 g/mol. The molecule has 7 nitrogen and oxygen atoms in total. The molecule has 40 heavy (non-hydrogen) atoms. The number of ketones is 1. The second-order valence-electron chi connectivity index (χ2n) is 11.6. The number of halogens is 1. The zero-order chi connectivity index (χ0) is 28.5. The first-order valence-electron chi connectivity index (χ1n) is 14.9. The molecule has 0 radical (unpaired) electrons. The number of aryl methyl sites for hydroxylation is 1. The van der Waals surface area contributed by atoms with E-state index in [1.54, 1.807) is 18.5 Å². The number of nitrogens with zero attached hydrogens (tertiary/aromatic N) is 3. The van der Waals surface area contributed by atoms with Crippen molar-refractivity contribution in [2.24, 2.45) is 18.4 Å². The molecule has 2 heterocycles. The van der Waals surface area contributed by atoms with Crippen LogP contribution in [0, 0.1) is 17.2 Å². The first-order chi connectivity index (χ1) is 19.3. The van der Waals surface area contributed by atoms with E-state index >= 15 is 0 Å². The lowest BCUT2D eigenvalue weighted by molar-refractivity contribution is -0.144. The van der Waals surface area contributed by atoms with Crippen LogP contribution in [0.4, 0.5) is 4.39 Å². The molecule has 1 amide bonds. The summed E-state index contributed by atoms with van der Waals surface area (Å²) in [6.07, 6.45) is 13.7. The van der Waals surface area contributed by atoms with Crippen LogP contribution in [0.15, 0.2) is 36.8 Å². The number of amides is 1. The van der Waals surface area contributed by atoms with Gasteiger partial charge in [-0.05, 0) is 67.9 Å². The molecule has 0 unspecified atom stereocenters. The number of benzene rings is 1. The number of carbonyl (C=O) groups excluding carboxylic acids is 2. The number of carbonyl (C=O) groups is 2. The summed E-state index contributed by atoms with van der Waals surface area (Å²) in [5.41, 5.74) is 1.52. The summed E-state index contributed by atoms with van der Waals surface area (Å²) in [5.74, 6) is 0.492. The number of hydrogen-bond donors (Lipinski definition) is 2. The average molecular weight is 570 g/mol. The number of aromatic nitrogens is 2. The minimum Gasteiger partial charge on any atom is -0.362 e. The molecule has 2 fully saturated rings. The van der Waals surface area contributed by atoms with Crippen LogP contribution < -0.4 is 10.6 Å². The summed E-state index contributed by atoms with van der Waals surface area (Å²) in [7, 11) is 1.93. The molecule has 1 atom stereocenters. The molecule has 1 aromatic carbocycles. The third kappa shape index (κ3) is 7.68. The molecule has 0 spiro atoms. The van der Waals surface area contributed by atoms with Crippen molar-refractivity contribution in [3.05, 3.63) is 53.9 Å². The van der Waals surface area contributed by atoms with Crippen LogP contribution in [0.1, 0.15) is 76.0 Å². The highest BCUT2D eigenvalue weighted by Crippen LogP contribution is 2.47. The predicted molar refractivity (Wildman–Crippen MR) is 159 cm³/mol. The van der Waals surface area contributed by atoms with Gasteiger partial charge in [-0.15, -0.1) is 0 Å². The molecule has 1 aromatic heterocycles. The van der Waals surface area contributed by atoms with Gasteiger partial charge in [0, 0.05) is 57.6 Å². The van der Waals surface area contributed by atoms with Crippen molar-refractivity contribution >= 4 is 29.0 Å². The van der Waals surface area contributed by atoms with Gasteiger partial charge in [-0.2, -0.15) is 0 Å². The van der Waals surface area contributed by atoms with Gasteiger partial charge in [-0.1, -0.05) is 38.3 Å². The second kappa shape index (κ2) is 14.2. The minimum absolute atomic E-state index is 0.0293. The van der Waals surface area contributed by atoms with Gasteiger partial charge < -0.3 is 20.1 Å². The molecule has 1 saturated heterocycles. The minimum atomic E-state index is -0.589. The van der Waals surface area contributed by atoms with Crippen molar-refractivity contribution in [3.63, 3.8) is 0 Å². The summed E-state index contributed by atoms with van der Waals surface area (Å²) in [6, 6.07) is 5.66. The Morgan fingerprint density at radius 1 is 1.15 bits per heavy atom. The van der Waals surface area contributed by atoms with Crippen LogP contribution in [0.25, 0.3) is 0 Å². The molecule has 2 aromatic rings. The van der Waals surface area contributed by atoms with E-state index in [1.807, 2.05) is 22.7 Å². The third-order valence-corrected chi connectivity index (χ3v) is 9.03. The molecule has 9 heteroatoms. The maximum Gasteiger partial charge on any atom is 0.245 e. The maximum atomic E-state index is 13.9. The van der Waals surface area contributed by atoms with Crippen LogP contribution in [0.2, 0.25) is 0 Å². The molecule has 2 N–H and O–H groups in total. The van der Waals surface area contributed by atoms with Crippen molar-refractivity contribution in [1.29, 1.82) is 0 Å². The van der Waals surface area contributed by atoms with Crippen LogP contribution in [-0.4, -0.2) is 56.9 Å². The average Bonchev–Trinajstić information content (AvgIpc) is 3.38. The molecule has 1 saturated carbocycles. The van der Waals surface area contributed by atoms with Crippen molar-refractivity contribution in [2.75, 3.05) is 19.6 Å². The van der Waals surface area contributed by atoms with Crippen LogP contribution in [0.5, 0.6) is 0 Å². The number of Topliss-reactive ketones (excluding diaryl/α,β-unsaturated/α-hetero) is 1. The summed E-state index contributed by atoms with van der Waals surface area (Å²) in [5, 5.41) is 6.85. The highest BCUT2D eigenvalue weighted by Gasteiger charge is 2.47. The Kier molecular flexibility index (Phi) is 10.7. The number of hydrogen-bond acceptors (Lipinski definition) is 4. The smallest absolute Gasteiger partial charge is 0.245 e. The maximum absolute atomic E-state index is 13.9. The zero-order valence-corrected chi connectivity index (χ0v) is 24.8. The van der Waals surface area contributed by atoms with Crippen molar-refractivity contribution in [1.82, 2.24) is 25.1 Å². The third-order valence-electron chi connectivity index (χ3n) is 8.77. The number of piperidine rings is 1. The molecule has 1 aliphatic carbocycles. The van der Waals surface area contributed by atoms with E-state index in [9.17, 15) is 14.0 Å². The largest absolute Gasteiger partial charge is 0.362 e. The highest BCUT2D eigenvalue weighted by molar-refractivity contribution is 7.80. The summed E-state index contributed by atoms with van der Waals surface area (Å²) >= 11 is 5.57. The van der Waals surface area contributed by atoms with Gasteiger partial charge in [-0.25, -0.2) is 9.37 Å². The van der Waals surface area contributed by atoms with E-state index in [2.05, 4.69) is 22.5 Å². The number of thiocarbonyl (C=S) groups is 1. The van der Waals surface area contributed by atoms with Crippen LogP contribution >= 0.6 is 12.2 Å². The SMILES string of the molecule is CCCC(=O)C1(C2CCCCC2)CCN(C(=O)[C@@H](Cc2ccc(F)cc2)NC(=S)NCCc2cn(C)cn2)CC1. The lowest BCUT2D eigenvalue weighted by Crippen LogP contribution is -2.56. The lowest BCUT2D eigenvalue weighted by Gasteiger charge is -2.47. The summed E-state index contributed by atoms with van der Waals surface area (Å²) < 4.78 is 15.5. The second-order valence-corrected chi connectivity index (χ2v) is 12.0. The predicted octanol–water partition coefficient (Wildman–Crippen LogP) is 4.74. The first kappa shape index (κ1) is 30.2. The van der Waals surface area contributed by atoms with Crippen molar-refractivity contribution < 1.29 is 14.0 Å². The molecule has 4 rings (SSSR count). The van der Waals surface area contributed by atoms with E-state index in [-0.39, 0.29) is 17.1 Å². The Labute approximate surface area is 243 Å². The van der Waals surface area contributed by atoms with Crippen LogP contribution in [-0.2, 0) is 29.5 Å². The van der Waals surface area contributed by atoms with Crippen molar-refractivity contribution in [3.8, 4) is 0 Å². The van der Waals surface area contributed by atoms with E-state index in [0.29, 0.717) is 55.7 Å². The molecule has 0 bridgehead atoms. The molecular formula is C31H44FN5O2S. The van der Waals surface area contributed by atoms with Gasteiger partial charge in [0.25, 0.3) is 0 Å². The topological polar surface area (TPSA) is 79.3 Å². The number of likely N-dealkylation sites (tertiary alicyclic amines) is 1. The van der Waals surface area contributed by atoms with Gasteiger partial charge in [0.2, 0.25) is 5.91 Å². The standard InChI is InChI=1S/C31H44FN5O2S/c1-3-7-28(38)31(24-8-5-4-6-9-24)15-18-37(19-16-31)29(39)27(20-23-10-12-25(32)13-11-23)35-30(40)33-17-14-26-21-36(2)22-34-26/h10-13,21-22,24,27H,3-9,14-20H2,1-2H3,(H2,33,35,40)/t27-/m1/s1.